The molecule has 1 aromatic carbocycles. The van der Waals surface area contributed by atoms with Gasteiger partial charge in [-0.3, -0.25) is 4.79 Å². The number of carbonyl (C=O) groups excluding carboxylic acids is 1. The molecule has 1 saturated heterocycles. The van der Waals surface area contributed by atoms with E-state index in [9.17, 15) is 4.79 Å². The number of nitrogens with zero attached hydrogens (tertiary/aromatic N) is 1. The molecule has 4 heteroatoms. The van der Waals surface area contributed by atoms with Crippen molar-refractivity contribution in [3.05, 3.63) is 33.3 Å². The van der Waals surface area contributed by atoms with E-state index in [1.807, 2.05) is 11.0 Å². The number of amides is 1. The van der Waals surface area contributed by atoms with Crippen LogP contribution >= 0.6 is 27.5 Å². The van der Waals surface area contributed by atoms with Crippen LogP contribution in [0.2, 0.25) is 5.02 Å². The first-order valence-electron chi connectivity index (χ1n) is 6.85. The second-order valence-electron chi connectivity index (χ2n) is 5.16. The molecule has 0 saturated carbocycles. The van der Waals surface area contributed by atoms with Crippen LogP contribution in [0.25, 0.3) is 0 Å². The summed E-state index contributed by atoms with van der Waals surface area (Å²) in [6, 6.07) is 5.39. The molecule has 1 aromatic rings. The predicted molar refractivity (Wildman–Crippen MR) is 82.7 cm³/mol. The average molecular weight is 345 g/mol. The van der Waals surface area contributed by atoms with Crippen molar-refractivity contribution in [2.75, 3.05) is 13.1 Å². The topological polar surface area (TPSA) is 20.3 Å². The molecule has 0 aromatic heterocycles. The number of rotatable bonds is 2. The molecule has 1 aliphatic heterocycles. The van der Waals surface area contributed by atoms with E-state index in [1.54, 1.807) is 12.1 Å². The zero-order chi connectivity index (χ0) is 13.8. The third-order valence-corrected chi connectivity index (χ3v) is 4.50. The highest BCUT2D eigenvalue weighted by atomic mass is 79.9. The number of halogens is 2. The molecule has 2 nitrogen and oxygen atoms in total. The van der Waals surface area contributed by atoms with Gasteiger partial charge in [0.2, 0.25) is 0 Å². The van der Waals surface area contributed by atoms with Gasteiger partial charge in [-0.15, -0.1) is 0 Å². The first-order valence-corrected chi connectivity index (χ1v) is 8.02. The van der Waals surface area contributed by atoms with Crippen molar-refractivity contribution in [1.82, 2.24) is 4.90 Å². The van der Waals surface area contributed by atoms with E-state index in [-0.39, 0.29) is 5.91 Å². The maximum atomic E-state index is 12.5. The van der Waals surface area contributed by atoms with Crippen molar-refractivity contribution < 1.29 is 4.79 Å². The molecule has 1 aliphatic rings. The molecule has 0 bridgehead atoms. The second kappa shape index (κ2) is 6.76. The highest BCUT2D eigenvalue weighted by Crippen LogP contribution is 2.24. The Morgan fingerprint density at radius 2 is 2.16 bits per heavy atom. The monoisotopic (exact) mass is 343 g/mol. The minimum Gasteiger partial charge on any atom is -0.339 e. The highest BCUT2D eigenvalue weighted by Gasteiger charge is 2.21. The highest BCUT2D eigenvalue weighted by molar-refractivity contribution is 9.10. The van der Waals surface area contributed by atoms with Crippen molar-refractivity contribution in [3.63, 3.8) is 0 Å². The fraction of sp³-hybridized carbons (Fsp3) is 0.533. The Kier molecular flexibility index (Phi) is 5.28. The van der Waals surface area contributed by atoms with Crippen molar-refractivity contribution in [2.45, 2.75) is 32.6 Å². The third-order valence-electron chi connectivity index (χ3n) is 3.82. The molecule has 1 atom stereocenters. The smallest absolute Gasteiger partial charge is 0.253 e. The van der Waals surface area contributed by atoms with Gasteiger partial charge in [0.05, 0.1) is 0 Å². The Morgan fingerprint density at radius 1 is 1.37 bits per heavy atom. The van der Waals surface area contributed by atoms with Crippen LogP contribution in [-0.2, 0) is 0 Å². The van der Waals surface area contributed by atoms with Crippen molar-refractivity contribution in [1.29, 1.82) is 0 Å². The van der Waals surface area contributed by atoms with E-state index in [4.69, 9.17) is 11.6 Å². The molecule has 1 unspecified atom stereocenters. The van der Waals surface area contributed by atoms with Crippen LogP contribution in [-0.4, -0.2) is 23.9 Å². The number of carbonyl (C=O) groups is 1. The summed E-state index contributed by atoms with van der Waals surface area (Å²) in [7, 11) is 0. The fourth-order valence-electron chi connectivity index (χ4n) is 2.64. The van der Waals surface area contributed by atoms with Gasteiger partial charge in [0.25, 0.3) is 5.91 Å². The lowest BCUT2D eigenvalue weighted by molar-refractivity contribution is 0.0760. The molecule has 0 spiro atoms. The van der Waals surface area contributed by atoms with Crippen molar-refractivity contribution in [2.24, 2.45) is 5.92 Å². The lowest BCUT2D eigenvalue weighted by atomic mass is 9.98. The molecule has 0 aliphatic carbocycles. The first-order chi connectivity index (χ1) is 9.10. The zero-order valence-electron chi connectivity index (χ0n) is 11.2. The molecule has 19 heavy (non-hydrogen) atoms. The molecular formula is C15H19BrClNO. The summed E-state index contributed by atoms with van der Waals surface area (Å²) in [5.74, 6) is 0.865. The number of benzene rings is 1. The summed E-state index contributed by atoms with van der Waals surface area (Å²) in [5, 5.41) is 0.596. The van der Waals surface area contributed by atoms with Gasteiger partial charge in [0.1, 0.15) is 0 Å². The van der Waals surface area contributed by atoms with E-state index < -0.39 is 0 Å². The lowest BCUT2D eigenvalue weighted by Crippen LogP contribution is -2.32. The van der Waals surface area contributed by atoms with Crippen LogP contribution in [0.15, 0.2) is 22.7 Å². The minimum absolute atomic E-state index is 0.0972. The molecule has 0 radical (unpaired) electrons. The molecule has 1 amide bonds. The summed E-state index contributed by atoms with van der Waals surface area (Å²) < 4.78 is 0.851. The van der Waals surface area contributed by atoms with Crippen LogP contribution in [0.3, 0.4) is 0 Å². The minimum atomic E-state index is 0.0972. The quantitative estimate of drug-likeness (QED) is 0.758. The predicted octanol–water partition coefficient (Wildman–Crippen LogP) is 4.75. The maximum Gasteiger partial charge on any atom is 0.253 e. The van der Waals surface area contributed by atoms with E-state index in [0.717, 1.165) is 36.3 Å². The average Bonchev–Trinajstić information content (AvgIpc) is 2.61. The molecule has 2 rings (SSSR count). The van der Waals surface area contributed by atoms with Gasteiger partial charge < -0.3 is 4.90 Å². The van der Waals surface area contributed by atoms with Crippen LogP contribution in [0.5, 0.6) is 0 Å². The molecule has 1 fully saturated rings. The molecule has 104 valence electrons. The summed E-state index contributed by atoms with van der Waals surface area (Å²) in [5.41, 5.74) is 0.675. The summed E-state index contributed by atoms with van der Waals surface area (Å²) >= 11 is 9.40. The Balaban J connectivity index is 2.10. The van der Waals surface area contributed by atoms with Crippen molar-refractivity contribution in [3.8, 4) is 0 Å². The summed E-state index contributed by atoms with van der Waals surface area (Å²) in [6.45, 7) is 3.96. The largest absolute Gasteiger partial charge is 0.339 e. The number of likely N-dealkylation sites (tertiary alicyclic amines) is 1. The van der Waals surface area contributed by atoms with Crippen molar-refractivity contribution >= 4 is 33.4 Å². The molecule has 0 N–H and O–H groups in total. The van der Waals surface area contributed by atoms with Gasteiger partial charge in [-0.1, -0.05) is 40.9 Å². The van der Waals surface area contributed by atoms with E-state index in [0.29, 0.717) is 10.6 Å². The van der Waals surface area contributed by atoms with Gasteiger partial charge in [0.15, 0.2) is 0 Å². The van der Waals surface area contributed by atoms with Crippen LogP contribution < -0.4 is 0 Å². The number of hydrogen-bond donors (Lipinski definition) is 0. The second-order valence-corrected chi connectivity index (χ2v) is 6.51. The SMILES string of the molecule is CCC1CCCN(C(=O)c2cc(Cl)cc(Br)c2)CC1. The van der Waals surface area contributed by atoms with Gasteiger partial charge in [-0.2, -0.15) is 0 Å². The van der Waals surface area contributed by atoms with Gasteiger partial charge >= 0.3 is 0 Å². The third kappa shape index (κ3) is 3.96. The van der Waals surface area contributed by atoms with Gasteiger partial charge in [-0.25, -0.2) is 0 Å². The lowest BCUT2D eigenvalue weighted by Gasteiger charge is -2.21. The summed E-state index contributed by atoms with van der Waals surface area (Å²) in [4.78, 5) is 14.5. The zero-order valence-corrected chi connectivity index (χ0v) is 13.5. The fourth-order valence-corrected chi connectivity index (χ4v) is 3.50. The summed E-state index contributed by atoms with van der Waals surface area (Å²) in [6.07, 6.45) is 4.67. The normalized spacial score (nSPS) is 20.2. The Labute approximate surface area is 128 Å². The van der Waals surface area contributed by atoms with Crippen LogP contribution in [0.4, 0.5) is 0 Å². The Bertz CT molecular complexity index is 443. The van der Waals surface area contributed by atoms with Crippen LogP contribution in [0.1, 0.15) is 43.0 Å². The molecular weight excluding hydrogens is 326 g/mol. The van der Waals surface area contributed by atoms with E-state index >= 15 is 0 Å². The van der Waals surface area contributed by atoms with E-state index in [1.165, 1.54) is 12.8 Å². The van der Waals surface area contributed by atoms with Crippen LogP contribution in [0, 0.1) is 5.92 Å². The molecule has 1 heterocycles. The number of hydrogen-bond acceptors (Lipinski definition) is 1. The standard InChI is InChI=1S/C15H19BrClNO/c1-2-11-4-3-6-18(7-5-11)15(19)12-8-13(16)10-14(17)9-12/h8-11H,2-7H2,1H3. The Hall–Kier alpha value is -0.540. The Morgan fingerprint density at radius 3 is 2.84 bits per heavy atom. The maximum absolute atomic E-state index is 12.5. The van der Waals surface area contributed by atoms with Gasteiger partial charge in [0, 0.05) is 28.1 Å². The first kappa shape index (κ1) is 14.9. The van der Waals surface area contributed by atoms with E-state index in [2.05, 4.69) is 22.9 Å². The van der Waals surface area contributed by atoms with Gasteiger partial charge in [-0.05, 0) is 43.4 Å².